The van der Waals surface area contributed by atoms with Gasteiger partial charge in [0.15, 0.2) is 5.11 Å². The van der Waals surface area contributed by atoms with Crippen molar-refractivity contribution in [2.75, 3.05) is 12.4 Å². The number of benzene rings is 2. The van der Waals surface area contributed by atoms with Crippen LogP contribution in [0.15, 0.2) is 48.5 Å². The third-order valence-electron chi connectivity index (χ3n) is 3.74. The molecule has 0 bridgehead atoms. The standard InChI is InChI=1S/C17H18N2OS/c1-20-16-9-5-4-8-15(16)19-17(21)18-14-10-12-6-2-3-7-13(12)11-14/h2-9,14H,10-11H2,1H3,(H2,18,19,21). The predicted octanol–water partition coefficient (Wildman–Crippen LogP) is 3.15. The monoisotopic (exact) mass is 298 g/mol. The summed E-state index contributed by atoms with van der Waals surface area (Å²) in [5.41, 5.74) is 3.71. The molecule has 0 radical (unpaired) electrons. The first-order valence-corrected chi connectivity index (χ1v) is 7.44. The van der Waals surface area contributed by atoms with Crippen molar-refractivity contribution < 1.29 is 4.74 Å². The van der Waals surface area contributed by atoms with Crippen LogP contribution in [0, 0.1) is 0 Å². The zero-order chi connectivity index (χ0) is 14.7. The van der Waals surface area contributed by atoms with E-state index in [9.17, 15) is 0 Å². The second kappa shape index (κ2) is 6.14. The molecule has 0 aliphatic heterocycles. The van der Waals surface area contributed by atoms with Gasteiger partial charge in [0.05, 0.1) is 12.8 Å². The maximum absolute atomic E-state index is 5.41. The SMILES string of the molecule is COc1ccccc1NC(=S)NC1Cc2ccccc2C1. The zero-order valence-corrected chi connectivity index (χ0v) is 12.7. The van der Waals surface area contributed by atoms with Crippen LogP contribution in [0.25, 0.3) is 0 Å². The van der Waals surface area contributed by atoms with Crippen molar-refractivity contribution in [1.29, 1.82) is 0 Å². The van der Waals surface area contributed by atoms with E-state index in [4.69, 9.17) is 17.0 Å². The Balaban J connectivity index is 1.61. The molecular formula is C17H18N2OS. The molecule has 0 saturated heterocycles. The Morgan fingerprint density at radius 2 is 1.67 bits per heavy atom. The summed E-state index contributed by atoms with van der Waals surface area (Å²) in [6.07, 6.45) is 2.04. The number of anilines is 1. The average Bonchev–Trinajstić information content (AvgIpc) is 2.89. The number of fused-ring (bicyclic) bond motifs is 1. The van der Waals surface area contributed by atoms with Crippen molar-refractivity contribution in [3.63, 3.8) is 0 Å². The molecule has 2 N–H and O–H groups in total. The van der Waals surface area contributed by atoms with Crippen LogP contribution < -0.4 is 15.4 Å². The van der Waals surface area contributed by atoms with Gasteiger partial charge in [-0.05, 0) is 48.3 Å². The van der Waals surface area contributed by atoms with Crippen LogP contribution in [0.5, 0.6) is 5.75 Å². The Hall–Kier alpha value is -2.07. The van der Waals surface area contributed by atoms with Gasteiger partial charge < -0.3 is 15.4 Å². The van der Waals surface area contributed by atoms with Gasteiger partial charge in [-0.15, -0.1) is 0 Å². The maximum Gasteiger partial charge on any atom is 0.171 e. The summed E-state index contributed by atoms with van der Waals surface area (Å²) in [5, 5.41) is 7.24. The molecule has 2 aromatic rings. The fourth-order valence-electron chi connectivity index (χ4n) is 2.75. The second-order valence-corrected chi connectivity index (χ2v) is 5.58. The summed E-state index contributed by atoms with van der Waals surface area (Å²) < 4.78 is 5.32. The number of ether oxygens (including phenoxy) is 1. The molecule has 3 nitrogen and oxygen atoms in total. The van der Waals surface area contributed by atoms with E-state index in [1.54, 1.807) is 7.11 Å². The van der Waals surface area contributed by atoms with Gasteiger partial charge in [0, 0.05) is 6.04 Å². The summed E-state index contributed by atoms with van der Waals surface area (Å²) in [5.74, 6) is 0.788. The van der Waals surface area contributed by atoms with E-state index in [-0.39, 0.29) is 0 Å². The lowest BCUT2D eigenvalue weighted by atomic mass is 10.1. The average molecular weight is 298 g/mol. The van der Waals surface area contributed by atoms with E-state index in [0.717, 1.165) is 24.3 Å². The molecular weight excluding hydrogens is 280 g/mol. The summed E-state index contributed by atoms with van der Waals surface area (Å²) in [7, 11) is 1.66. The van der Waals surface area contributed by atoms with Crippen LogP contribution in [-0.4, -0.2) is 18.3 Å². The molecule has 0 heterocycles. The van der Waals surface area contributed by atoms with Crippen LogP contribution in [0.1, 0.15) is 11.1 Å². The maximum atomic E-state index is 5.41. The second-order valence-electron chi connectivity index (χ2n) is 5.17. The first-order chi connectivity index (χ1) is 10.3. The largest absolute Gasteiger partial charge is 0.495 e. The molecule has 4 heteroatoms. The molecule has 2 aromatic carbocycles. The van der Waals surface area contributed by atoms with Crippen LogP contribution in [-0.2, 0) is 12.8 Å². The highest BCUT2D eigenvalue weighted by atomic mass is 32.1. The number of nitrogens with one attached hydrogen (secondary N) is 2. The fraction of sp³-hybridized carbons (Fsp3) is 0.235. The van der Waals surface area contributed by atoms with Crippen molar-refractivity contribution in [1.82, 2.24) is 5.32 Å². The minimum Gasteiger partial charge on any atom is -0.495 e. The first-order valence-electron chi connectivity index (χ1n) is 7.03. The molecule has 0 aromatic heterocycles. The van der Waals surface area contributed by atoms with Gasteiger partial charge >= 0.3 is 0 Å². The third-order valence-corrected chi connectivity index (χ3v) is 3.96. The van der Waals surface area contributed by atoms with Crippen LogP contribution in [0.4, 0.5) is 5.69 Å². The lowest BCUT2D eigenvalue weighted by Crippen LogP contribution is -2.38. The molecule has 0 fully saturated rings. The van der Waals surface area contributed by atoms with Gasteiger partial charge in [-0.3, -0.25) is 0 Å². The van der Waals surface area contributed by atoms with Crippen LogP contribution in [0.2, 0.25) is 0 Å². The number of rotatable bonds is 3. The highest BCUT2D eigenvalue weighted by Crippen LogP contribution is 2.24. The fourth-order valence-corrected chi connectivity index (χ4v) is 3.03. The van der Waals surface area contributed by atoms with E-state index in [1.165, 1.54) is 11.1 Å². The lowest BCUT2D eigenvalue weighted by Gasteiger charge is -2.17. The minimum atomic E-state index is 0.358. The topological polar surface area (TPSA) is 33.3 Å². The number of thiocarbonyl (C=S) groups is 1. The molecule has 1 aliphatic rings. The van der Waals surface area contributed by atoms with Crippen molar-refractivity contribution in [3.05, 3.63) is 59.7 Å². The molecule has 3 rings (SSSR count). The van der Waals surface area contributed by atoms with Gasteiger partial charge in [-0.1, -0.05) is 36.4 Å². The van der Waals surface area contributed by atoms with E-state index >= 15 is 0 Å². The molecule has 108 valence electrons. The van der Waals surface area contributed by atoms with Crippen molar-refractivity contribution in [2.24, 2.45) is 0 Å². The number of hydrogen-bond acceptors (Lipinski definition) is 2. The van der Waals surface area contributed by atoms with Crippen molar-refractivity contribution in [2.45, 2.75) is 18.9 Å². The number of para-hydroxylation sites is 2. The van der Waals surface area contributed by atoms with Crippen LogP contribution >= 0.6 is 12.2 Å². The van der Waals surface area contributed by atoms with Gasteiger partial charge in [0.2, 0.25) is 0 Å². The molecule has 0 atom stereocenters. The Morgan fingerprint density at radius 1 is 1.05 bits per heavy atom. The highest BCUT2D eigenvalue weighted by molar-refractivity contribution is 7.80. The molecule has 21 heavy (non-hydrogen) atoms. The highest BCUT2D eigenvalue weighted by Gasteiger charge is 2.21. The zero-order valence-electron chi connectivity index (χ0n) is 11.9. The predicted molar refractivity (Wildman–Crippen MR) is 90.0 cm³/mol. The molecule has 0 spiro atoms. The van der Waals surface area contributed by atoms with Gasteiger partial charge in [0.25, 0.3) is 0 Å². The first kappa shape index (κ1) is 13.9. The quantitative estimate of drug-likeness (QED) is 0.853. The summed E-state index contributed by atoms with van der Waals surface area (Å²) in [4.78, 5) is 0. The number of hydrogen-bond donors (Lipinski definition) is 2. The van der Waals surface area contributed by atoms with E-state index in [1.807, 2.05) is 24.3 Å². The summed E-state index contributed by atoms with van der Waals surface area (Å²) in [6.45, 7) is 0. The van der Waals surface area contributed by atoms with Crippen LogP contribution in [0.3, 0.4) is 0 Å². The molecule has 1 aliphatic carbocycles. The normalized spacial score (nSPS) is 13.6. The van der Waals surface area contributed by atoms with Gasteiger partial charge in [0.1, 0.15) is 5.75 Å². The lowest BCUT2D eigenvalue weighted by molar-refractivity contribution is 0.417. The van der Waals surface area contributed by atoms with Gasteiger partial charge in [-0.2, -0.15) is 0 Å². The number of methoxy groups -OCH3 is 1. The molecule has 0 amide bonds. The third kappa shape index (κ3) is 3.16. The van der Waals surface area contributed by atoms with E-state index in [0.29, 0.717) is 11.2 Å². The van der Waals surface area contributed by atoms with E-state index in [2.05, 4.69) is 34.9 Å². The summed E-state index contributed by atoms with van der Waals surface area (Å²) >= 11 is 5.41. The minimum absolute atomic E-state index is 0.358. The van der Waals surface area contributed by atoms with Crippen molar-refractivity contribution >= 4 is 23.0 Å². The smallest absolute Gasteiger partial charge is 0.171 e. The van der Waals surface area contributed by atoms with Crippen molar-refractivity contribution in [3.8, 4) is 5.75 Å². The molecule has 0 saturated carbocycles. The summed E-state index contributed by atoms with van der Waals surface area (Å²) in [6, 6.07) is 16.7. The Morgan fingerprint density at radius 3 is 2.33 bits per heavy atom. The Labute approximate surface area is 130 Å². The van der Waals surface area contributed by atoms with Gasteiger partial charge in [-0.25, -0.2) is 0 Å². The van der Waals surface area contributed by atoms with E-state index < -0.39 is 0 Å². The Kier molecular flexibility index (Phi) is 4.06. The Bertz CT molecular complexity index is 632. The molecule has 0 unspecified atom stereocenters.